The maximum Gasteiger partial charge on any atom is 0.236 e. The summed E-state index contributed by atoms with van der Waals surface area (Å²) in [6, 6.07) is 14.9. The van der Waals surface area contributed by atoms with Crippen LogP contribution in [0.25, 0.3) is 5.69 Å². The van der Waals surface area contributed by atoms with E-state index in [0.717, 1.165) is 17.4 Å². The highest BCUT2D eigenvalue weighted by Gasteiger charge is 2.21. The highest BCUT2D eigenvalue weighted by molar-refractivity contribution is 7.98. The average Bonchev–Trinajstić information content (AvgIpc) is 3.27. The summed E-state index contributed by atoms with van der Waals surface area (Å²) in [6.07, 6.45) is 0. The van der Waals surface area contributed by atoms with E-state index in [2.05, 4.69) is 10.2 Å². The molecule has 0 radical (unpaired) electrons. The fourth-order valence-electron chi connectivity index (χ4n) is 3.35. The zero-order valence-electron chi connectivity index (χ0n) is 18.6. The van der Waals surface area contributed by atoms with E-state index in [9.17, 15) is 13.2 Å². The zero-order chi connectivity index (χ0) is 24.2. The largest absolute Gasteiger partial charge is 0.493 e. The lowest BCUT2D eigenvalue weighted by Crippen LogP contribution is -2.15. The SMILES string of the molecule is COc1ccc(N(C)c2nnc(SCc3c(F)cccc3F)n2-c2ccc(F)cc2)cc1OC. The number of aromatic nitrogens is 3. The number of hydrogen-bond donors (Lipinski definition) is 0. The third-order valence-corrected chi connectivity index (χ3v) is 6.12. The third kappa shape index (κ3) is 4.67. The molecule has 0 N–H and O–H groups in total. The minimum absolute atomic E-state index is 0.00208. The van der Waals surface area contributed by atoms with Crippen LogP contribution in [0.2, 0.25) is 0 Å². The Kier molecular flexibility index (Phi) is 6.97. The first-order valence-corrected chi connectivity index (χ1v) is 11.1. The molecule has 1 heterocycles. The Morgan fingerprint density at radius 3 is 2.21 bits per heavy atom. The summed E-state index contributed by atoms with van der Waals surface area (Å²) in [4.78, 5) is 1.77. The van der Waals surface area contributed by atoms with E-state index in [0.29, 0.717) is 28.3 Å². The number of halogens is 3. The summed E-state index contributed by atoms with van der Waals surface area (Å²) in [5, 5.41) is 8.95. The van der Waals surface area contributed by atoms with Crippen molar-refractivity contribution >= 4 is 23.4 Å². The van der Waals surface area contributed by atoms with Gasteiger partial charge in [0, 0.05) is 30.1 Å². The Morgan fingerprint density at radius 1 is 0.882 bits per heavy atom. The van der Waals surface area contributed by atoms with Gasteiger partial charge in [-0.1, -0.05) is 17.8 Å². The lowest BCUT2D eigenvalue weighted by atomic mass is 10.2. The fourth-order valence-corrected chi connectivity index (χ4v) is 4.31. The van der Waals surface area contributed by atoms with Crippen LogP contribution in [0, 0.1) is 17.5 Å². The van der Waals surface area contributed by atoms with Gasteiger partial charge >= 0.3 is 0 Å². The van der Waals surface area contributed by atoms with E-state index >= 15 is 0 Å². The molecule has 0 amide bonds. The maximum absolute atomic E-state index is 14.1. The molecule has 4 rings (SSSR count). The normalized spacial score (nSPS) is 10.9. The molecule has 4 aromatic rings. The van der Waals surface area contributed by atoms with Gasteiger partial charge in [0.1, 0.15) is 17.5 Å². The van der Waals surface area contributed by atoms with Crippen LogP contribution in [0.3, 0.4) is 0 Å². The topological polar surface area (TPSA) is 52.4 Å². The van der Waals surface area contributed by atoms with Crippen molar-refractivity contribution in [1.82, 2.24) is 14.8 Å². The average molecular weight is 487 g/mol. The molecule has 176 valence electrons. The molecule has 0 aliphatic carbocycles. The van der Waals surface area contributed by atoms with E-state index in [-0.39, 0.29) is 11.3 Å². The van der Waals surface area contributed by atoms with E-state index in [1.54, 1.807) is 55.0 Å². The fraction of sp³-hybridized carbons (Fsp3) is 0.167. The molecule has 3 aromatic carbocycles. The summed E-state index contributed by atoms with van der Waals surface area (Å²) in [5.41, 5.74) is 1.26. The van der Waals surface area contributed by atoms with Crippen molar-refractivity contribution in [2.45, 2.75) is 10.9 Å². The van der Waals surface area contributed by atoms with E-state index in [1.165, 1.54) is 30.3 Å². The minimum Gasteiger partial charge on any atom is -0.493 e. The Bertz CT molecular complexity index is 1280. The molecular formula is C24H21F3N4O2S. The van der Waals surface area contributed by atoms with Crippen LogP contribution < -0.4 is 14.4 Å². The molecule has 0 saturated heterocycles. The molecule has 0 aliphatic rings. The molecule has 0 saturated carbocycles. The quantitative estimate of drug-likeness (QED) is 0.295. The third-order valence-electron chi connectivity index (χ3n) is 5.16. The van der Waals surface area contributed by atoms with E-state index in [1.807, 2.05) is 6.07 Å². The predicted molar refractivity (Wildman–Crippen MR) is 125 cm³/mol. The first kappa shape index (κ1) is 23.5. The second-order valence-corrected chi connectivity index (χ2v) is 8.12. The second kappa shape index (κ2) is 10.1. The predicted octanol–water partition coefficient (Wildman–Crippen LogP) is 5.76. The number of ether oxygens (including phenoxy) is 2. The standard InChI is InChI=1S/C24H21F3N4O2S/c1-30(17-11-12-21(32-2)22(13-17)33-3)23-28-29-24(31(23)16-9-7-15(25)8-10-16)34-14-18-19(26)5-4-6-20(18)27/h4-13H,14H2,1-3H3. The van der Waals surface area contributed by atoms with Gasteiger partial charge in [-0.3, -0.25) is 4.57 Å². The molecule has 0 spiro atoms. The lowest BCUT2D eigenvalue weighted by Gasteiger charge is -2.21. The van der Waals surface area contributed by atoms with Crippen LogP contribution >= 0.6 is 11.8 Å². The van der Waals surface area contributed by atoms with Gasteiger partial charge in [-0.05, 0) is 48.5 Å². The summed E-state index contributed by atoms with van der Waals surface area (Å²) >= 11 is 1.12. The van der Waals surface area contributed by atoms with Crippen molar-refractivity contribution in [2.24, 2.45) is 0 Å². The molecule has 0 bridgehead atoms. The molecule has 0 fully saturated rings. The van der Waals surface area contributed by atoms with Crippen LogP contribution in [-0.4, -0.2) is 36.0 Å². The van der Waals surface area contributed by atoms with Gasteiger partial charge < -0.3 is 14.4 Å². The second-order valence-electron chi connectivity index (χ2n) is 7.18. The van der Waals surface area contributed by atoms with Gasteiger partial charge in [0.15, 0.2) is 16.7 Å². The van der Waals surface area contributed by atoms with Crippen molar-refractivity contribution in [3.05, 3.63) is 83.7 Å². The Labute approximate surface area is 198 Å². The van der Waals surface area contributed by atoms with Crippen LogP contribution in [0.1, 0.15) is 5.56 Å². The highest BCUT2D eigenvalue weighted by atomic mass is 32.2. The smallest absolute Gasteiger partial charge is 0.236 e. The molecule has 0 atom stereocenters. The number of nitrogens with zero attached hydrogens (tertiary/aromatic N) is 4. The monoisotopic (exact) mass is 486 g/mol. The molecule has 1 aromatic heterocycles. The number of anilines is 2. The number of thioether (sulfide) groups is 1. The first-order valence-electron chi connectivity index (χ1n) is 10.2. The van der Waals surface area contributed by atoms with Crippen molar-refractivity contribution in [1.29, 1.82) is 0 Å². The maximum atomic E-state index is 14.1. The number of rotatable bonds is 8. The van der Waals surface area contributed by atoms with Crippen molar-refractivity contribution in [3.8, 4) is 17.2 Å². The van der Waals surface area contributed by atoms with Crippen LogP contribution in [0.5, 0.6) is 11.5 Å². The molecule has 6 nitrogen and oxygen atoms in total. The summed E-state index contributed by atoms with van der Waals surface area (Å²) in [6.45, 7) is 0. The van der Waals surface area contributed by atoms with Gasteiger partial charge in [0.25, 0.3) is 0 Å². The number of benzene rings is 3. The first-order chi connectivity index (χ1) is 16.4. The van der Waals surface area contributed by atoms with Crippen molar-refractivity contribution < 1.29 is 22.6 Å². The molecule has 0 aliphatic heterocycles. The van der Waals surface area contributed by atoms with Gasteiger partial charge in [-0.2, -0.15) is 0 Å². The zero-order valence-corrected chi connectivity index (χ0v) is 19.4. The van der Waals surface area contributed by atoms with Crippen LogP contribution in [0.4, 0.5) is 24.8 Å². The highest BCUT2D eigenvalue weighted by Crippen LogP contribution is 2.36. The van der Waals surface area contributed by atoms with Crippen LogP contribution in [0.15, 0.2) is 65.8 Å². The molecule has 10 heteroatoms. The minimum atomic E-state index is -0.636. The summed E-state index contributed by atoms with van der Waals surface area (Å²) in [7, 11) is 4.88. The summed E-state index contributed by atoms with van der Waals surface area (Å²) in [5.74, 6) is -0.152. The van der Waals surface area contributed by atoms with Crippen molar-refractivity contribution in [2.75, 3.05) is 26.2 Å². The number of methoxy groups -OCH3 is 2. The summed E-state index contributed by atoms with van der Waals surface area (Å²) < 4.78 is 54.3. The Balaban J connectivity index is 1.74. The van der Waals surface area contributed by atoms with E-state index in [4.69, 9.17) is 9.47 Å². The molecule has 0 unspecified atom stereocenters. The van der Waals surface area contributed by atoms with E-state index < -0.39 is 17.5 Å². The van der Waals surface area contributed by atoms with Gasteiger partial charge in [-0.25, -0.2) is 13.2 Å². The van der Waals surface area contributed by atoms with Gasteiger partial charge in [0.05, 0.1) is 19.9 Å². The molecular weight excluding hydrogens is 465 g/mol. The Hall–Kier alpha value is -3.66. The van der Waals surface area contributed by atoms with Gasteiger partial charge in [0.2, 0.25) is 5.95 Å². The Morgan fingerprint density at radius 2 is 1.56 bits per heavy atom. The lowest BCUT2D eigenvalue weighted by molar-refractivity contribution is 0.355. The van der Waals surface area contributed by atoms with Crippen LogP contribution in [-0.2, 0) is 5.75 Å². The molecule has 34 heavy (non-hydrogen) atoms. The van der Waals surface area contributed by atoms with Gasteiger partial charge in [-0.15, -0.1) is 10.2 Å². The number of hydrogen-bond acceptors (Lipinski definition) is 6. The van der Waals surface area contributed by atoms with Crippen molar-refractivity contribution in [3.63, 3.8) is 0 Å².